The number of fused-ring (bicyclic) bond motifs is 1. The van der Waals surface area contributed by atoms with Gasteiger partial charge in [-0.3, -0.25) is 9.69 Å². The minimum atomic E-state index is -1.00. The number of aliphatic imine (C=N–C) groups is 1. The Hall–Kier alpha value is -4.17. The predicted molar refractivity (Wildman–Crippen MR) is 168 cm³/mol. The normalized spacial score (nSPS) is 19.6. The van der Waals surface area contributed by atoms with Gasteiger partial charge in [0.15, 0.2) is 5.69 Å². The molecule has 13 heteroatoms. The second kappa shape index (κ2) is 12.1. The highest BCUT2D eigenvalue weighted by atomic mass is 32.1. The Morgan fingerprint density at radius 1 is 0.932 bits per heavy atom. The Bertz CT molecular complexity index is 1660. The smallest absolute Gasteiger partial charge is 0.317 e. The van der Waals surface area contributed by atoms with Crippen LogP contribution in [-0.4, -0.2) is 90.5 Å². The molecule has 2 saturated heterocycles. The summed E-state index contributed by atoms with van der Waals surface area (Å²) < 4.78 is 17.4. The van der Waals surface area contributed by atoms with Crippen molar-refractivity contribution in [2.75, 3.05) is 68.1 Å². The Balaban J connectivity index is 1.21. The van der Waals surface area contributed by atoms with E-state index < -0.39 is 6.17 Å². The molecule has 2 aromatic heterocycles. The summed E-state index contributed by atoms with van der Waals surface area (Å²) in [6.07, 6.45) is -1.00. The van der Waals surface area contributed by atoms with E-state index in [0.29, 0.717) is 43.5 Å². The fourth-order valence-corrected chi connectivity index (χ4v) is 6.87. The van der Waals surface area contributed by atoms with Gasteiger partial charge in [-0.15, -0.1) is 5.10 Å². The van der Waals surface area contributed by atoms with Crippen LogP contribution in [0.3, 0.4) is 0 Å². The molecule has 0 bridgehead atoms. The number of amides is 1. The number of aromatic nitrogens is 3. The summed E-state index contributed by atoms with van der Waals surface area (Å²) in [6, 6.07) is 17.5. The quantitative estimate of drug-likeness (QED) is 0.317. The SMILES string of the molecule is CC(C)(c1nc(-c2nnc(N[C@H]3N=C(c4ccccc4)c4ccccc4NC3=O)o2)c(N2CCOCC2)s1)N1CCOCC1. The fourth-order valence-electron chi connectivity index (χ4n) is 5.63. The molecule has 44 heavy (non-hydrogen) atoms. The summed E-state index contributed by atoms with van der Waals surface area (Å²) in [4.78, 5) is 27.9. The minimum Gasteiger partial charge on any atom is -0.402 e. The molecule has 0 aliphatic carbocycles. The van der Waals surface area contributed by atoms with Gasteiger partial charge in [-0.25, -0.2) is 9.98 Å². The molecular formula is C31H34N8O4S. The Morgan fingerprint density at radius 3 is 2.41 bits per heavy atom. The van der Waals surface area contributed by atoms with E-state index in [2.05, 4.69) is 44.5 Å². The van der Waals surface area contributed by atoms with Crippen molar-refractivity contribution < 1.29 is 18.7 Å². The molecule has 5 heterocycles. The van der Waals surface area contributed by atoms with Crippen LogP contribution in [0.4, 0.5) is 16.7 Å². The molecule has 1 atom stereocenters. The highest BCUT2D eigenvalue weighted by Gasteiger charge is 2.36. The van der Waals surface area contributed by atoms with Crippen molar-refractivity contribution in [3.05, 3.63) is 70.7 Å². The molecule has 3 aliphatic rings. The van der Waals surface area contributed by atoms with Crippen LogP contribution in [0.5, 0.6) is 0 Å². The molecule has 2 N–H and O–H groups in total. The standard InChI is InChI=1S/C31H34N8O4S/c1-31(2,39-14-18-42-19-15-39)29-34-24(28(44-29)38-12-16-41-17-13-38)27-36-37-30(43-27)35-25-26(40)32-22-11-7-6-10-21(22)23(33-25)20-8-4-3-5-9-20/h3-11,25H,12-19H2,1-2H3,(H,32,40)(H,35,37)/t25-/m1/s1. The zero-order valence-electron chi connectivity index (χ0n) is 24.7. The molecule has 0 radical (unpaired) electrons. The van der Waals surface area contributed by atoms with E-state index in [1.165, 1.54) is 0 Å². The molecule has 4 aromatic rings. The van der Waals surface area contributed by atoms with Crippen molar-refractivity contribution >= 4 is 39.7 Å². The van der Waals surface area contributed by atoms with Gasteiger partial charge in [-0.1, -0.05) is 65.0 Å². The van der Waals surface area contributed by atoms with Crippen molar-refractivity contribution in [1.82, 2.24) is 20.1 Å². The van der Waals surface area contributed by atoms with E-state index in [1.54, 1.807) is 11.3 Å². The third-order valence-electron chi connectivity index (χ3n) is 8.11. The van der Waals surface area contributed by atoms with Gasteiger partial charge < -0.3 is 29.4 Å². The van der Waals surface area contributed by atoms with E-state index >= 15 is 0 Å². The first kappa shape index (κ1) is 28.6. The first-order chi connectivity index (χ1) is 21.5. The lowest BCUT2D eigenvalue weighted by Crippen LogP contribution is -2.47. The molecule has 228 valence electrons. The number of nitrogens with one attached hydrogen (secondary N) is 2. The lowest BCUT2D eigenvalue weighted by Gasteiger charge is -2.39. The van der Waals surface area contributed by atoms with Crippen molar-refractivity contribution in [1.29, 1.82) is 0 Å². The predicted octanol–water partition coefficient (Wildman–Crippen LogP) is 3.82. The number of para-hydroxylation sites is 1. The molecule has 0 saturated carbocycles. The van der Waals surface area contributed by atoms with Crippen molar-refractivity contribution in [2.24, 2.45) is 4.99 Å². The van der Waals surface area contributed by atoms with Gasteiger partial charge in [0.25, 0.3) is 11.8 Å². The first-order valence-electron chi connectivity index (χ1n) is 14.8. The van der Waals surface area contributed by atoms with E-state index in [1.807, 2.05) is 54.6 Å². The number of hydrogen-bond acceptors (Lipinski definition) is 12. The highest BCUT2D eigenvalue weighted by molar-refractivity contribution is 7.16. The molecule has 3 aliphatic heterocycles. The van der Waals surface area contributed by atoms with Crippen LogP contribution < -0.4 is 15.5 Å². The number of thiazole rings is 1. The number of nitrogens with zero attached hydrogens (tertiary/aromatic N) is 6. The van der Waals surface area contributed by atoms with E-state index in [0.717, 1.165) is 47.3 Å². The molecular weight excluding hydrogens is 580 g/mol. The number of morpholine rings is 2. The van der Waals surface area contributed by atoms with E-state index in [4.69, 9.17) is 23.9 Å². The number of carbonyl (C=O) groups excluding carboxylic acids is 1. The lowest BCUT2D eigenvalue weighted by molar-refractivity contribution is -0.116. The average molecular weight is 615 g/mol. The van der Waals surface area contributed by atoms with Gasteiger partial charge in [-0.2, -0.15) is 0 Å². The summed E-state index contributed by atoms with van der Waals surface area (Å²) in [5.41, 5.74) is 3.40. The maximum absolute atomic E-state index is 13.3. The maximum Gasteiger partial charge on any atom is 0.317 e. The van der Waals surface area contributed by atoms with Gasteiger partial charge in [-0.05, 0) is 19.9 Å². The van der Waals surface area contributed by atoms with Gasteiger partial charge in [0, 0.05) is 37.3 Å². The number of ether oxygens (including phenoxy) is 2. The second-order valence-corrected chi connectivity index (χ2v) is 12.2. The van der Waals surface area contributed by atoms with Crippen LogP contribution >= 0.6 is 11.3 Å². The fraction of sp³-hybridized carbons (Fsp3) is 0.387. The Labute approximate surface area is 259 Å². The van der Waals surface area contributed by atoms with Crippen molar-refractivity contribution in [3.8, 4) is 11.6 Å². The first-order valence-corrected chi connectivity index (χ1v) is 15.6. The minimum absolute atomic E-state index is 0.0807. The van der Waals surface area contributed by atoms with Gasteiger partial charge in [0.1, 0.15) is 10.0 Å². The van der Waals surface area contributed by atoms with Crippen LogP contribution in [0.25, 0.3) is 11.6 Å². The highest BCUT2D eigenvalue weighted by Crippen LogP contribution is 2.42. The monoisotopic (exact) mass is 614 g/mol. The molecule has 12 nitrogen and oxygen atoms in total. The Morgan fingerprint density at radius 2 is 1.64 bits per heavy atom. The molecule has 2 fully saturated rings. The zero-order chi connectivity index (χ0) is 30.1. The summed E-state index contributed by atoms with van der Waals surface area (Å²) in [7, 11) is 0. The molecule has 0 unspecified atom stereocenters. The Kier molecular flexibility index (Phi) is 7.85. The van der Waals surface area contributed by atoms with Crippen LogP contribution in [0.1, 0.15) is 30.0 Å². The summed E-state index contributed by atoms with van der Waals surface area (Å²) in [5, 5.41) is 16.6. The van der Waals surface area contributed by atoms with Gasteiger partial charge in [0.2, 0.25) is 6.17 Å². The number of rotatable bonds is 7. The average Bonchev–Trinajstić information content (AvgIpc) is 3.70. The maximum atomic E-state index is 13.3. The second-order valence-electron chi connectivity index (χ2n) is 11.3. The molecule has 2 aromatic carbocycles. The largest absolute Gasteiger partial charge is 0.402 e. The third-order valence-corrected chi connectivity index (χ3v) is 9.54. The third kappa shape index (κ3) is 5.59. The summed E-state index contributed by atoms with van der Waals surface area (Å²) in [6.45, 7) is 10.2. The zero-order valence-corrected chi connectivity index (χ0v) is 25.5. The van der Waals surface area contributed by atoms with Crippen molar-refractivity contribution in [2.45, 2.75) is 25.6 Å². The number of benzene rings is 2. The topological polar surface area (TPSA) is 130 Å². The summed E-state index contributed by atoms with van der Waals surface area (Å²) >= 11 is 1.64. The molecule has 7 rings (SSSR count). The van der Waals surface area contributed by atoms with Crippen molar-refractivity contribution in [3.63, 3.8) is 0 Å². The number of benzodiazepines with no additional fused rings is 1. The van der Waals surface area contributed by atoms with Crippen LogP contribution in [0.15, 0.2) is 64.0 Å². The molecule has 1 amide bonds. The van der Waals surface area contributed by atoms with Gasteiger partial charge in [0.05, 0.1) is 43.4 Å². The number of anilines is 3. The number of hydrogen-bond donors (Lipinski definition) is 2. The van der Waals surface area contributed by atoms with Gasteiger partial charge >= 0.3 is 6.01 Å². The van der Waals surface area contributed by atoms with E-state index in [-0.39, 0.29) is 23.4 Å². The van der Waals surface area contributed by atoms with Crippen LogP contribution in [-0.2, 0) is 19.8 Å². The number of carbonyl (C=O) groups is 1. The molecule has 0 spiro atoms. The van der Waals surface area contributed by atoms with E-state index in [9.17, 15) is 4.79 Å². The summed E-state index contributed by atoms with van der Waals surface area (Å²) in [5.74, 6) is -0.0563. The lowest BCUT2D eigenvalue weighted by atomic mass is 10.0. The van der Waals surface area contributed by atoms with Crippen LogP contribution in [0.2, 0.25) is 0 Å². The van der Waals surface area contributed by atoms with Crippen LogP contribution in [0, 0.1) is 0 Å².